The van der Waals surface area contributed by atoms with Gasteiger partial charge in [-0.25, -0.2) is 9.78 Å². The summed E-state index contributed by atoms with van der Waals surface area (Å²) in [5, 5.41) is 7.60. The zero-order valence-corrected chi connectivity index (χ0v) is 20.1. The summed E-state index contributed by atoms with van der Waals surface area (Å²) >= 11 is 1.21. The van der Waals surface area contributed by atoms with Crippen LogP contribution in [0.4, 0.5) is 11.5 Å². The van der Waals surface area contributed by atoms with Crippen molar-refractivity contribution < 1.29 is 4.79 Å². The number of carbonyl (C=O) groups is 1. The first-order valence-electron chi connectivity index (χ1n) is 11.4. The van der Waals surface area contributed by atoms with Crippen molar-refractivity contribution in [3.8, 4) is 0 Å². The van der Waals surface area contributed by atoms with Gasteiger partial charge in [0.2, 0.25) is 11.1 Å². The molecule has 2 heterocycles. The molecule has 1 aliphatic rings. The topological polar surface area (TPSA) is 143 Å². The number of nitrogen functional groups attached to an aromatic ring is 1. The Bertz CT molecular complexity index is 1260. The van der Waals surface area contributed by atoms with E-state index in [1.807, 2.05) is 44.2 Å². The van der Waals surface area contributed by atoms with Crippen molar-refractivity contribution in [2.24, 2.45) is 5.92 Å². The molecule has 34 heavy (non-hydrogen) atoms. The van der Waals surface area contributed by atoms with Crippen LogP contribution in [-0.4, -0.2) is 42.9 Å². The van der Waals surface area contributed by atoms with E-state index in [2.05, 4.69) is 20.2 Å². The molecule has 1 amide bonds. The van der Waals surface area contributed by atoms with Gasteiger partial charge in [-0.2, -0.15) is 0 Å². The standard InChI is InChI=1S/C23H29N7O3S/c1-14(2)10-11-29(17(31)13-34-22-25-20(27-28-22)16-8-9-16)18-19(24)30(23(33)26-21(18)32)12-15-6-4-3-5-7-15/h3-7,14,16H,8-13,24H2,1-2H3,(H,25,27,28)(H,26,32,33). The van der Waals surface area contributed by atoms with E-state index in [1.165, 1.54) is 21.2 Å². The Balaban J connectivity index is 1.60. The van der Waals surface area contributed by atoms with Gasteiger partial charge < -0.3 is 10.6 Å². The molecule has 1 aromatic carbocycles. The first-order chi connectivity index (χ1) is 16.3. The number of thioether (sulfide) groups is 1. The highest BCUT2D eigenvalue weighted by molar-refractivity contribution is 7.99. The first-order valence-corrected chi connectivity index (χ1v) is 12.3. The Morgan fingerprint density at radius 1 is 1.26 bits per heavy atom. The van der Waals surface area contributed by atoms with Gasteiger partial charge in [-0.3, -0.25) is 24.2 Å². The van der Waals surface area contributed by atoms with Crippen molar-refractivity contribution in [2.45, 2.75) is 50.7 Å². The Hall–Kier alpha value is -3.34. The molecule has 3 aromatic rings. The summed E-state index contributed by atoms with van der Waals surface area (Å²) in [5.41, 5.74) is 5.89. The lowest BCUT2D eigenvalue weighted by Gasteiger charge is -2.25. The lowest BCUT2D eigenvalue weighted by atomic mass is 10.1. The summed E-state index contributed by atoms with van der Waals surface area (Å²) in [6, 6.07) is 9.32. The van der Waals surface area contributed by atoms with Crippen LogP contribution in [0.1, 0.15) is 50.4 Å². The van der Waals surface area contributed by atoms with E-state index in [0.29, 0.717) is 30.0 Å². The fraction of sp³-hybridized carbons (Fsp3) is 0.435. The Morgan fingerprint density at radius 3 is 2.68 bits per heavy atom. The summed E-state index contributed by atoms with van der Waals surface area (Å²) in [7, 11) is 0. The third-order valence-corrected chi connectivity index (χ3v) is 6.50. The minimum absolute atomic E-state index is 0.00422. The molecule has 180 valence electrons. The minimum Gasteiger partial charge on any atom is -0.383 e. The quantitative estimate of drug-likeness (QED) is 0.376. The number of nitrogens with one attached hydrogen (secondary N) is 2. The number of nitrogens with two attached hydrogens (primary N) is 1. The van der Waals surface area contributed by atoms with Gasteiger partial charge in [-0.05, 0) is 30.7 Å². The Kier molecular flexibility index (Phi) is 7.20. The molecule has 0 radical (unpaired) electrons. The van der Waals surface area contributed by atoms with Crippen LogP contribution in [0, 0.1) is 5.92 Å². The Labute approximate surface area is 201 Å². The zero-order chi connectivity index (χ0) is 24.2. The second-order valence-corrected chi connectivity index (χ2v) is 9.80. The van der Waals surface area contributed by atoms with Crippen molar-refractivity contribution in [3.63, 3.8) is 0 Å². The summed E-state index contributed by atoms with van der Waals surface area (Å²) in [5.74, 6) is 1.28. The fourth-order valence-corrected chi connectivity index (χ4v) is 4.26. The zero-order valence-electron chi connectivity index (χ0n) is 19.3. The van der Waals surface area contributed by atoms with Crippen LogP contribution >= 0.6 is 11.8 Å². The molecule has 10 nitrogen and oxygen atoms in total. The maximum atomic E-state index is 13.3. The van der Waals surface area contributed by atoms with Gasteiger partial charge in [-0.15, -0.1) is 5.10 Å². The highest BCUT2D eigenvalue weighted by Gasteiger charge is 2.28. The number of amides is 1. The molecule has 1 aliphatic carbocycles. The molecule has 0 unspecified atom stereocenters. The number of aromatic nitrogens is 5. The normalized spacial score (nSPS) is 13.4. The molecule has 1 saturated carbocycles. The molecule has 11 heteroatoms. The number of nitrogens with zero attached hydrogens (tertiary/aromatic N) is 4. The van der Waals surface area contributed by atoms with Gasteiger partial charge >= 0.3 is 5.69 Å². The minimum atomic E-state index is -0.678. The fourth-order valence-electron chi connectivity index (χ4n) is 3.58. The maximum Gasteiger partial charge on any atom is 0.330 e. The van der Waals surface area contributed by atoms with E-state index in [-0.39, 0.29) is 29.7 Å². The number of hydrogen-bond acceptors (Lipinski definition) is 7. The molecule has 1 fully saturated rings. The molecule has 0 saturated heterocycles. The van der Waals surface area contributed by atoms with Gasteiger partial charge in [0.05, 0.1) is 12.3 Å². The summed E-state index contributed by atoms with van der Waals surface area (Å²) in [4.78, 5) is 46.8. The number of anilines is 2. The van der Waals surface area contributed by atoms with Crippen LogP contribution in [0.5, 0.6) is 0 Å². The van der Waals surface area contributed by atoms with Crippen LogP contribution in [0.2, 0.25) is 0 Å². The first kappa shape index (κ1) is 23.8. The molecule has 4 rings (SSSR count). The molecule has 0 spiro atoms. The van der Waals surface area contributed by atoms with E-state index in [4.69, 9.17) is 5.73 Å². The lowest BCUT2D eigenvalue weighted by molar-refractivity contribution is -0.116. The number of hydrogen-bond donors (Lipinski definition) is 3. The molecular formula is C23H29N7O3S. The Morgan fingerprint density at radius 2 is 2.00 bits per heavy atom. The molecule has 4 N–H and O–H groups in total. The van der Waals surface area contributed by atoms with Gasteiger partial charge in [0.15, 0.2) is 5.69 Å². The number of carbonyl (C=O) groups excluding carboxylic acids is 1. The van der Waals surface area contributed by atoms with Gasteiger partial charge in [0.25, 0.3) is 5.56 Å². The van der Waals surface area contributed by atoms with Crippen molar-refractivity contribution in [3.05, 3.63) is 62.6 Å². The second-order valence-electron chi connectivity index (χ2n) is 8.86. The highest BCUT2D eigenvalue weighted by Crippen LogP contribution is 2.38. The van der Waals surface area contributed by atoms with Crippen molar-refractivity contribution in [1.29, 1.82) is 0 Å². The van der Waals surface area contributed by atoms with E-state index >= 15 is 0 Å². The summed E-state index contributed by atoms with van der Waals surface area (Å²) in [6.45, 7) is 4.55. The van der Waals surface area contributed by atoms with Crippen LogP contribution in [0.3, 0.4) is 0 Å². The molecule has 0 atom stereocenters. The van der Waals surface area contributed by atoms with Crippen molar-refractivity contribution in [1.82, 2.24) is 24.7 Å². The maximum absolute atomic E-state index is 13.3. The predicted molar refractivity (Wildman–Crippen MR) is 132 cm³/mol. The van der Waals surface area contributed by atoms with E-state index < -0.39 is 11.2 Å². The predicted octanol–water partition coefficient (Wildman–Crippen LogP) is 2.33. The molecule has 0 aliphatic heterocycles. The van der Waals surface area contributed by atoms with Gasteiger partial charge in [0, 0.05) is 12.5 Å². The van der Waals surface area contributed by atoms with Crippen LogP contribution in [0.15, 0.2) is 45.1 Å². The van der Waals surface area contributed by atoms with E-state index in [1.54, 1.807) is 0 Å². The lowest BCUT2D eigenvalue weighted by Crippen LogP contribution is -2.42. The van der Waals surface area contributed by atoms with Crippen LogP contribution in [-0.2, 0) is 11.3 Å². The van der Waals surface area contributed by atoms with Gasteiger partial charge in [0.1, 0.15) is 11.6 Å². The number of benzene rings is 1. The average Bonchev–Trinajstić information content (AvgIpc) is 3.55. The van der Waals surface area contributed by atoms with Crippen molar-refractivity contribution >= 4 is 29.2 Å². The highest BCUT2D eigenvalue weighted by atomic mass is 32.2. The number of rotatable bonds is 10. The number of aromatic amines is 2. The summed E-state index contributed by atoms with van der Waals surface area (Å²) < 4.78 is 1.28. The average molecular weight is 484 g/mol. The van der Waals surface area contributed by atoms with Crippen LogP contribution < -0.4 is 21.9 Å². The number of H-pyrrole nitrogens is 2. The van der Waals surface area contributed by atoms with Crippen molar-refractivity contribution in [2.75, 3.05) is 22.9 Å². The van der Waals surface area contributed by atoms with Gasteiger partial charge in [-0.1, -0.05) is 55.9 Å². The molecular weight excluding hydrogens is 454 g/mol. The van der Waals surface area contributed by atoms with Crippen LogP contribution in [0.25, 0.3) is 0 Å². The second kappa shape index (κ2) is 10.3. The summed E-state index contributed by atoms with van der Waals surface area (Å²) in [6.07, 6.45) is 2.86. The smallest absolute Gasteiger partial charge is 0.330 e. The third kappa shape index (κ3) is 5.58. The SMILES string of the molecule is CC(C)CCN(C(=O)CSc1n[nH]c(C2CC2)n1)c1c(N)n(Cc2ccccc2)c(=O)[nH]c1=O. The van der Waals surface area contributed by atoms with E-state index in [9.17, 15) is 14.4 Å². The monoisotopic (exact) mass is 483 g/mol. The third-order valence-electron chi connectivity index (χ3n) is 5.67. The largest absolute Gasteiger partial charge is 0.383 e. The molecule has 2 aromatic heterocycles. The molecule has 0 bridgehead atoms. The van der Waals surface area contributed by atoms with E-state index in [0.717, 1.165) is 24.2 Å².